The van der Waals surface area contributed by atoms with Gasteiger partial charge in [0, 0.05) is 25.3 Å². The first-order valence-corrected chi connectivity index (χ1v) is 13.0. The van der Waals surface area contributed by atoms with Crippen molar-refractivity contribution < 1.29 is 21.6 Å². The van der Waals surface area contributed by atoms with Crippen molar-refractivity contribution in [3.63, 3.8) is 0 Å². The molecule has 3 rings (SSSR count). The third-order valence-electron chi connectivity index (χ3n) is 6.95. The Hall–Kier alpha value is -1.28. The van der Waals surface area contributed by atoms with Gasteiger partial charge >= 0.3 is 6.18 Å². The minimum atomic E-state index is -4.58. The summed E-state index contributed by atoms with van der Waals surface area (Å²) in [4.78, 5) is 4.20. The maximum absolute atomic E-state index is 13.5. The lowest BCUT2D eigenvalue weighted by Crippen LogP contribution is -2.41. The lowest BCUT2D eigenvalue weighted by Gasteiger charge is -2.38. The van der Waals surface area contributed by atoms with Crippen LogP contribution in [0.3, 0.4) is 0 Å². The smallest absolute Gasteiger partial charge is 0.371 e. The zero-order valence-electron chi connectivity index (χ0n) is 18.8. The fourth-order valence-electron chi connectivity index (χ4n) is 4.68. The molecule has 2 heterocycles. The Bertz CT molecular complexity index is 839. The molecule has 0 aromatic heterocycles. The first kappa shape index (κ1) is 24.4. The number of hydrogen-bond donors (Lipinski definition) is 0. The lowest BCUT2D eigenvalue weighted by molar-refractivity contribution is -0.137. The van der Waals surface area contributed by atoms with Crippen molar-refractivity contribution in [2.24, 2.45) is 11.8 Å². The van der Waals surface area contributed by atoms with Crippen LogP contribution in [0.4, 0.5) is 18.9 Å². The van der Waals surface area contributed by atoms with Gasteiger partial charge in [-0.2, -0.15) is 13.2 Å². The molecule has 31 heavy (non-hydrogen) atoms. The Labute approximate surface area is 184 Å². The Balaban J connectivity index is 1.69. The zero-order chi connectivity index (χ0) is 22.8. The quantitative estimate of drug-likeness (QED) is 0.583. The standard InChI is InChI=1S/C23H35F3N2O2S/c1-4-18-5-9-27(10-6-18)16-19-7-11-28(12-8-19)21-13-20(23(24,25)26)14-22(15-21)31(29,30)17(2)3/h13-15,17-19H,4-12,16H2,1-3H3. The lowest BCUT2D eigenvalue weighted by atomic mass is 9.91. The van der Waals surface area contributed by atoms with Crippen LogP contribution < -0.4 is 4.90 Å². The number of nitrogens with zero attached hydrogens (tertiary/aromatic N) is 2. The number of sulfone groups is 1. The Kier molecular flexibility index (Phi) is 7.62. The molecular formula is C23H35F3N2O2S. The molecule has 0 bridgehead atoms. The van der Waals surface area contributed by atoms with E-state index in [4.69, 9.17) is 0 Å². The molecule has 0 spiro atoms. The van der Waals surface area contributed by atoms with E-state index < -0.39 is 26.8 Å². The summed E-state index contributed by atoms with van der Waals surface area (Å²) in [6, 6.07) is 3.28. The number of rotatable bonds is 6. The predicted molar refractivity (Wildman–Crippen MR) is 118 cm³/mol. The second-order valence-corrected chi connectivity index (χ2v) is 11.9. The summed E-state index contributed by atoms with van der Waals surface area (Å²) in [6.45, 7) is 9.87. The average Bonchev–Trinajstić information content (AvgIpc) is 2.73. The van der Waals surface area contributed by atoms with E-state index in [2.05, 4.69) is 11.8 Å². The molecule has 0 unspecified atom stereocenters. The molecule has 0 radical (unpaired) electrons. The van der Waals surface area contributed by atoms with Gasteiger partial charge in [0.25, 0.3) is 0 Å². The fourth-order valence-corrected chi connectivity index (χ4v) is 5.80. The molecule has 0 saturated carbocycles. The zero-order valence-corrected chi connectivity index (χ0v) is 19.6. The normalized spacial score (nSPS) is 20.5. The number of benzene rings is 1. The molecule has 2 aliphatic heterocycles. The molecule has 1 aromatic carbocycles. The predicted octanol–water partition coefficient (Wildman–Crippen LogP) is 5.23. The van der Waals surface area contributed by atoms with Crippen LogP contribution in [-0.4, -0.2) is 51.3 Å². The Morgan fingerprint density at radius 3 is 2.06 bits per heavy atom. The highest BCUT2D eigenvalue weighted by Crippen LogP contribution is 2.36. The molecule has 0 atom stereocenters. The third-order valence-corrected chi connectivity index (χ3v) is 9.08. The van der Waals surface area contributed by atoms with Crippen molar-refractivity contribution in [3.8, 4) is 0 Å². The Morgan fingerprint density at radius 1 is 0.968 bits per heavy atom. The van der Waals surface area contributed by atoms with Gasteiger partial charge in [0.05, 0.1) is 15.7 Å². The highest BCUT2D eigenvalue weighted by atomic mass is 32.2. The number of halogens is 3. The molecule has 2 saturated heterocycles. The highest BCUT2D eigenvalue weighted by molar-refractivity contribution is 7.92. The van der Waals surface area contributed by atoms with E-state index in [1.807, 2.05) is 4.90 Å². The summed E-state index contributed by atoms with van der Waals surface area (Å²) in [6.07, 6.45) is 1.00. The SMILES string of the molecule is CCC1CCN(CC2CCN(c3cc(C(F)(F)F)cc(S(=O)(=O)C(C)C)c3)CC2)CC1. The van der Waals surface area contributed by atoms with Gasteiger partial charge in [0.1, 0.15) is 0 Å². The number of hydrogen-bond acceptors (Lipinski definition) is 4. The molecule has 2 fully saturated rings. The molecule has 0 amide bonds. The Morgan fingerprint density at radius 2 is 1.55 bits per heavy atom. The minimum Gasteiger partial charge on any atom is -0.371 e. The molecular weight excluding hydrogens is 425 g/mol. The topological polar surface area (TPSA) is 40.6 Å². The molecule has 4 nitrogen and oxygen atoms in total. The van der Waals surface area contributed by atoms with E-state index in [1.54, 1.807) is 0 Å². The summed E-state index contributed by atoms with van der Waals surface area (Å²) in [5.41, 5.74) is -0.540. The van der Waals surface area contributed by atoms with Crippen LogP contribution in [0.25, 0.3) is 0 Å². The van der Waals surface area contributed by atoms with E-state index in [9.17, 15) is 21.6 Å². The number of piperidine rings is 2. The first-order valence-electron chi connectivity index (χ1n) is 11.4. The summed E-state index contributed by atoms with van der Waals surface area (Å²) < 4.78 is 65.5. The van der Waals surface area contributed by atoms with Crippen LogP contribution in [0.5, 0.6) is 0 Å². The maximum atomic E-state index is 13.5. The summed E-state index contributed by atoms with van der Waals surface area (Å²) >= 11 is 0. The van der Waals surface area contributed by atoms with Gasteiger partial charge in [-0.25, -0.2) is 8.42 Å². The monoisotopic (exact) mass is 460 g/mol. The van der Waals surface area contributed by atoms with Gasteiger partial charge in [0.2, 0.25) is 0 Å². The van der Waals surface area contributed by atoms with Gasteiger partial charge in [-0.1, -0.05) is 13.3 Å². The van der Waals surface area contributed by atoms with Crippen molar-refractivity contribution in [1.82, 2.24) is 4.90 Å². The molecule has 0 aliphatic carbocycles. The van der Waals surface area contributed by atoms with Gasteiger partial charge in [-0.15, -0.1) is 0 Å². The second kappa shape index (κ2) is 9.69. The van der Waals surface area contributed by atoms with Crippen LogP contribution in [0.2, 0.25) is 0 Å². The van der Waals surface area contributed by atoms with Crippen LogP contribution >= 0.6 is 0 Å². The average molecular weight is 461 g/mol. The van der Waals surface area contributed by atoms with Gasteiger partial charge < -0.3 is 9.80 Å². The third kappa shape index (κ3) is 5.95. The van der Waals surface area contributed by atoms with Gasteiger partial charge in [0.15, 0.2) is 9.84 Å². The minimum absolute atomic E-state index is 0.242. The molecule has 0 N–H and O–H groups in total. The van der Waals surface area contributed by atoms with Crippen molar-refractivity contribution in [3.05, 3.63) is 23.8 Å². The molecule has 2 aliphatic rings. The maximum Gasteiger partial charge on any atom is 0.416 e. The van der Waals surface area contributed by atoms with Crippen molar-refractivity contribution in [2.45, 2.75) is 69.2 Å². The van der Waals surface area contributed by atoms with Crippen LogP contribution in [0.1, 0.15) is 58.4 Å². The molecule has 176 valence electrons. The van der Waals surface area contributed by atoms with Gasteiger partial charge in [-0.3, -0.25) is 0 Å². The second-order valence-electron chi connectivity index (χ2n) is 9.39. The number of alkyl halides is 3. The summed E-state index contributed by atoms with van der Waals surface area (Å²) in [5.74, 6) is 1.38. The number of anilines is 1. The highest BCUT2D eigenvalue weighted by Gasteiger charge is 2.34. The number of likely N-dealkylation sites (tertiary alicyclic amines) is 1. The summed E-state index contributed by atoms with van der Waals surface area (Å²) in [7, 11) is -3.79. The van der Waals surface area contributed by atoms with Crippen LogP contribution in [0.15, 0.2) is 23.1 Å². The van der Waals surface area contributed by atoms with Crippen LogP contribution in [-0.2, 0) is 16.0 Å². The molecule has 1 aromatic rings. The van der Waals surface area contributed by atoms with E-state index in [0.717, 1.165) is 50.5 Å². The van der Waals surface area contributed by atoms with E-state index in [0.29, 0.717) is 24.7 Å². The fraction of sp³-hybridized carbons (Fsp3) is 0.739. The van der Waals surface area contributed by atoms with Gasteiger partial charge in [-0.05, 0) is 82.7 Å². The van der Waals surface area contributed by atoms with E-state index in [-0.39, 0.29) is 4.90 Å². The van der Waals surface area contributed by atoms with Crippen molar-refractivity contribution >= 4 is 15.5 Å². The van der Waals surface area contributed by atoms with Crippen molar-refractivity contribution in [1.29, 1.82) is 0 Å². The summed E-state index contributed by atoms with van der Waals surface area (Å²) in [5, 5.41) is -0.772. The van der Waals surface area contributed by atoms with Crippen molar-refractivity contribution in [2.75, 3.05) is 37.6 Å². The van der Waals surface area contributed by atoms with E-state index >= 15 is 0 Å². The first-order chi connectivity index (χ1) is 14.5. The largest absolute Gasteiger partial charge is 0.416 e. The van der Waals surface area contributed by atoms with Crippen LogP contribution in [0, 0.1) is 11.8 Å². The molecule has 8 heteroatoms. The van der Waals surface area contributed by atoms with E-state index in [1.165, 1.54) is 39.2 Å².